The van der Waals surface area contributed by atoms with Crippen LogP contribution in [0.4, 0.5) is 0 Å². The predicted molar refractivity (Wildman–Crippen MR) is 58.8 cm³/mol. The molecule has 92 valence electrons. The molecular formula is C10H13N3O4. The second kappa shape index (κ2) is 4.54. The van der Waals surface area contributed by atoms with E-state index in [9.17, 15) is 14.4 Å². The van der Waals surface area contributed by atoms with E-state index in [1.165, 1.54) is 4.90 Å². The Morgan fingerprint density at radius 3 is 2.94 bits per heavy atom. The van der Waals surface area contributed by atoms with Crippen molar-refractivity contribution in [3.05, 3.63) is 32.6 Å². The number of nitrogens with zero attached hydrogens (tertiary/aromatic N) is 1. The zero-order valence-corrected chi connectivity index (χ0v) is 9.10. The second-order valence-corrected chi connectivity index (χ2v) is 3.96. The van der Waals surface area contributed by atoms with Crippen molar-refractivity contribution in [3.63, 3.8) is 0 Å². The van der Waals surface area contributed by atoms with Crippen LogP contribution in [0.3, 0.4) is 0 Å². The Balaban J connectivity index is 2.31. The van der Waals surface area contributed by atoms with E-state index in [0.29, 0.717) is 6.54 Å². The Labute approximate surface area is 96.1 Å². The number of aliphatic hydroxyl groups excluding tert-OH is 1. The first-order chi connectivity index (χ1) is 8.13. The third-order valence-corrected chi connectivity index (χ3v) is 2.90. The lowest BCUT2D eigenvalue weighted by Crippen LogP contribution is -2.41. The molecule has 2 heterocycles. The summed E-state index contributed by atoms with van der Waals surface area (Å²) < 4.78 is 0. The third-order valence-electron chi connectivity index (χ3n) is 2.90. The highest BCUT2D eigenvalue weighted by Gasteiger charge is 2.30. The van der Waals surface area contributed by atoms with Crippen LogP contribution in [-0.4, -0.2) is 45.1 Å². The highest BCUT2D eigenvalue weighted by Crippen LogP contribution is 2.18. The average Bonchev–Trinajstić information content (AvgIpc) is 2.76. The minimum atomic E-state index is -0.706. The number of hydrogen-bond donors (Lipinski definition) is 3. The number of likely N-dealkylation sites (tertiary alicyclic amines) is 1. The van der Waals surface area contributed by atoms with Crippen molar-refractivity contribution in [2.24, 2.45) is 0 Å². The molecule has 3 N–H and O–H groups in total. The van der Waals surface area contributed by atoms with Crippen molar-refractivity contribution in [1.82, 2.24) is 14.9 Å². The van der Waals surface area contributed by atoms with Gasteiger partial charge in [-0.3, -0.25) is 14.6 Å². The van der Waals surface area contributed by atoms with E-state index in [1.54, 1.807) is 0 Å². The quantitative estimate of drug-likeness (QED) is 0.593. The zero-order chi connectivity index (χ0) is 12.4. The number of nitrogens with one attached hydrogen (secondary N) is 2. The maximum absolute atomic E-state index is 12.0. The number of carbonyl (C=O) groups is 1. The predicted octanol–water partition coefficient (Wildman–Crippen LogP) is -1.34. The average molecular weight is 239 g/mol. The van der Waals surface area contributed by atoms with Gasteiger partial charge < -0.3 is 15.0 Å². The first-order valence-corrected chi connectivity index (χ1v) is 5.37. The Hall–Kier alpha value is -1.89. The summed E-state index contributed by atoms with van der Waals surface area (Å²) in [6, 6.07) is -0.242. The van der Waals surface area contributed by atoms with Gasteiger partial charge in [0.05, 0.1) is 12.6 Å². The van der Waals surface area contributed by atoms with Gasteiger partial charge in [-0.2, -0.15) is 0 Å². The Bertz CT molecular complexity index is 533. The molecule has 0 bridgehead atoms. The molecule has 17 heavy (non-hydrogen) atoms. The summed E-state index contributed by atoms with van der Waals surface area (Å²) in [5.41, 5.74) is -1.46. The topological polar surface area (TPSA) is 106 Å². The molecule has 1 saturated heterocycles. The van der Waals surface area contributed by atoms with E-state index in [2.05, 4.69) is 4.98 Å². The summed E-state index contributed by atoms with van der Waals surface area (Å²) in [6.45, 7) is 0.398. The zero-order valence-electron chi connectivity index (χ0n) is 9.10. The molecule has 1 aromatic rings. The molecule has 1 aliphatic heterocycles. The largest absolute Gasteiger partial charge is 0.394 e. The van der Waals surface area contributed by atoms with Crippen LogP contribution in [0.1, 0.15) is 23.2 Å². The van der Waals surface area contributed by atoms with Crippen LogP contribution < -0.4 is 11.2 Å². The van der Waals surface area contributed by atoms with Crippen LogP contribution in [0.5, 0.6) is 0 Å². The first-order valence-electron chi connectivity index (χ1n) is 5.37. The van der Waals surface area contributed by atoms with Gasteiger partial charge in [0.25, 0.3) is 11.5 Å². The van der Waals surface area contributed by atoms with Crippen LogP contribution in [-0.2, 0) is 0 Å². The van der Waals surface area contributed by atoms with Crippen molar-refractivity contribution in [1.29, 1.82) is 0 Å². The summed E-state index contributed by atoms with van der Waals surface area (Å²) in [4.78, 5) is 40.0. The highest BCUT2D eigenvalue weighted by molar-refractivity contribution is 5.93. The molecule has 0 spiro atoms. The maximum atomic E-state index is 12.0. The molecule has 0 saturated carbocycles. The molecule has 0 radical (unpaired) electrons. The molecule has 7 nitrogen and oxygen atoms in total. The number of aliphatic hydroxyl groups is 1. The highest BCUT2D eigenvalue weighted by atomic mass is 16.3. The van der Waals surface area contributed by atoms with Crippen LogP contribution in [0.2, 0.25) is 0 Å². The Morgan fingerprint density at radius 2 is 2.29 bits per heavy atom. The van der Waals surface area contributed by atoms with Crippen LogP contribution >= 0.6 is 0 Å². The van der Waals surface area contributed by atoms with Gasteiger partial charge in [-0.1, -0.05) is 0 Å². The smallest absolute Gasteiger partial charge is 0.325 e. The second-order valence-electron chi connectivity index (χ2n) is 3.96. The van der Waals surface area contributed by atoms with E-state index in [0.717, 1.165) is 19.0 Å². The molecule has 0 unspecified atom stereocenters. The van der Waals surface area contributed by atoms with Gasteiger partial charge in [0.2, 0.25) is 0 Å². The van der Waals surface area contributed by atoms with E-state index in [1.807, 2.05) is 4.98 Å². The van der Waals surface area contributed by atoms with Gasteiger partial charge in [0.15, 0.2) is 0 Å². The molecule has 1 aromatic heterocycles. The van der Waals surface area contributed by atoms with E-state index >= 15 is 0 Å². The van der Waals surface area contributed by atoms with E-state index in [-0.39, 0.29) is 18.2 Å². The lowest BCUT2D eigenvalue weighted by Gasteiger charge is -2.22. The number of H-pyrrole nitrogens is 2. The minimum absolute atomic E-state index is 0.107. The van der Waals surface area contributed by atoms with Gasteiger partial charge in [0.1, 0.15) is 5.56 Å². The standard InChI is InChI=1S/C10H13N3O4/c14-5-6-2-1-3-13(6)9(16)7-4-11-10(17)12-8(7)15/h4,6,14H,1-3,5H2,(H2,11,12,15,17)/t6-/m1/s1. The number of amides is 1. The SMILES string of the molecule is O=C(c1c[nH]c(=O)[nH]c1=O)N1CCC[C@@H]1CO. The van der Waals surface area contributed by atoms with Crippen LogP contribution in [0.25, 0.3) is 0 Å². The summed E-state index contributed by atoms with van der Waals surface area (Å²) in [6.07, 6.45) is 2.64. The van der Waals surface area contributed by atoms with Gasteiger partial charge in [-0.25, -0.2) is 4.79 Å². The molecule has 0 aliphatic carbocycles. The molecule has 1 atom stereocenters. The molecule has 1 fully saturated rings. The normalized spacial score (nSPS) is 19.6. The van der Waals surface area contributed by atoms with Gasteiger partial charge in [-0.05, 0) is 12.8 Å². The molecule has 7 heteroatoms. The van der Waals surface area contributed by atoms with E-state index in [4.69, 9.17) is 5.11 Å². The first kappa shape index (κ1) is 11.6. The molecule has 1 amide bonds. The molecule has 2 rings (SSSR count). The fourth-order valence-corrected chi connectivity index (χ4v) is 2.02. The van der Waals surface area contributed by atoms with Crippen molar-refractivity contribution in [3.8, 4) is 0 Å². The summed E-state index contributed by atoms with van der Waals surface area (Å²) in [7, 11) is 0. The Kier molecular flexibility index (Phi) is 3.10. The van der Waals surface area contributed by atoms with E-state index < -0.39 is 17.2 Å². The molecular weight excluding hydrogens is 226 g/mol. The van der Waals surface area contributed by atoms with Gasteiger partial charge in [0, 0.05) is 12.7 Å². The minimum Gasteiger partial charge on any atom is -0.394 e. The lowest BCUT2D eigenvalue weighted by molar-refractivity contribution is 0.0675. The molecule has 1 aliphatic rings. The number of hydrogen-bond acceptors (Lipinski definition) is 4. The number of aromatic nitrogens is 2. The van der Waals surface area contributed by atoms with Crippen molar-refractivity contribution in [2.75, 3.05) is 13.2 Å². The van der Waals surface area contributed by atoms with Gasteiger partial charge in [-0.15, -0.1) is 0 Å². The maximum Gasteiger partial charge on any atom is 0.325 e. The van der Waals surface area contributed by atoms with Crippen molar-refractivity contribution >= 4 is 5.91 Å². The fraction of sp³-hybridized carbons (Fsp3) is 0.500. The number of carbonyl (C=O) groups excluding carboxylic acids is 1. The van der Waals surface area contributed by atoms with Crippen molar-refractivity contribution in [2.45, 2.75) is 18.9 Å². The third kappa shape index (κ3) is 2.14. The molecule has 0 aromatic carbocycles. The fourth-order valence-electron chi connectivity index (χ4n) is 2.02. The number of aromatic amines is 2. The Morgan fingerprint density at radius 1 is 1.53 bits per heavy atom. The van der Waals surface area contributed by atoms with Crippen LogP contribution in [0.15, 0.2) is 15.8 Å². The number of rotatable bonds is 2. The monoisotopic (exact) mass is 239 g/mol. The lowest BCUT2D eigenvalue weighted by atomic mass is 10.2. The van der Waals surface area contributed by atoms with Gasteiger partial charge >= 0.3 is 5.69 Å². The van der Waals surface area contributed by atoms with Crippen molar-refractivity contribution < 1.29 is 9.90 Å². The summed E-state index contributed by atoms with van der Waals surface area (Å²) in [5.74, 6) is -0.459. The summed E-state index contributed by atoms with van der Waals surface area (Å²) >= 11 is 0. The van der Waals surface area contributed by atoms with Crippen LogP contribution in [0, 0.1) is 0 Å². The summed E-state index contributed by atoms with van der Waals surface area (Å²) in [5, 5.41) is 9.11.